The van der Waals surface area contributed by atoms with Gasteiger partial charge in [0.05, 0.1) is 11.5 Å². The van der Waals surface area contributed by atoms with Gasteiger partial charge in [0.1, 0.15) is 5.82 Å². The molecule has 3 rings (SSSR count). The Bertz CT molecular complexity index is 804. The van der Waals surface area contributed by atoms with Gasteiger partial charge >= 0.3 is 0 Å². The number of hydrogen-bond donors (Lipinski definition) is 1. The lowest BCUT2D eigenvalue weighted by atomic mass is 9.96. The molecule has 5 heteroatoms. The van der Waals surface area contributed by atoms with Gasteiger partial charge in [-0.2, -0.15) is 0 Å². The minimum absolute atomic E-state index is 0.0341. The molecule has 1 aliphatic heterocycles. The normalized spacial score (nSPS) is 16.8. The fourth-order valence-corrected chi connectivity index (χ4v) is 3.41. The van der Waals surface area contributed by atoms with Crippen molar-refractivity contribution >= 4 is 11.8 Å². The van der Waals surface area contributed by atoms with Crippen LogP contribution in [0.15, 0.2) is 48.5 Å². The van der Waals surface area contributed by atoms with E-state index in [4.69, 9.17) is 0 Å². The van der Waals surface area contributed by atoms with E-state index in [0.29, 0.717) is 19.6 Å². The van der Waals surface area contributed by atoms with Crippen molar-refractivity contribution in [3.05, 3.63) is 71.0 Å². The van der Waals surface area contributed by atoms with Gasteiger partial charge in [-0.3, -0.25) is 9.59 Å². The molecule has 0 radical (unpaired) electrons. The largest absolute Gasteiger partial charge is 0.355 e. The summed E-state index contributed by atoms with van der Waals surface area (Å²) in [6, 6.07) is 14.2. The molecule has 1 N–H and O–H groups in total. The highest BCUT2D eigenvalue weighted by atomic mass is 19.1. The van der Waals surface area contributed by atoms with Crippen LogP contribution >= 0.6 is 0 Å². The highest BCUT2D eigenvalue weighted by molar-refractivity contribution is 5.95. The average Bonchev–Trinajstić information content (AvgIpc) is 2.69. The third-order valence-corrected chi connectivity index (χ3v) is 5.02. The number of likely N-dealkylation sites (tertiary alicyclic amines) is 1. The van der Waals surface area contributed by atoms with Gasteiger partial charge in [0.15, 0.2) is 0 Å². The highest BCUT2D eigenvalue weighted by Crippen LogP contribution is 2.20. The number of rotatable bonds is 5. The lowest BCUT2D eigenvalue weighted by molar-refractivity contribution is -0.126. The summed E-state index contributed by atoms with van der Waals surface area (Å²) in [7, 11) is 0. The first-order valence-corrected chi connectivity index (χ1v) is 9.41. The van der Waals surface area contributed by atoms with E-state index in [-0.39, 0.29) is 23.3 Å². The molecule has 1 unspecified atom stereocenters. The Morgan fingerprint density at radius 2 is 1.89 bits per heavy atom. The Kier molecular flexibility index (Phi) is 6.22. The van der Waals surface area contributed by atoms with Crippen molar-refractivity contribution in [3.8, 4) is 0 Å². The Morgan fingerprint density at radius 1 is 1.15 bits per heavy atom. The number of aryl methyl sites for hydroxylation is 1. The molecular formula is C22H25FN2O2. The summed E-state index contributed by atoms with van der Waals surface area (Å²) in [5.74, 6) is -1.14. The van der Waals surface area contributed by atoms with Gasteiger partial charge in [-0.15, -0.1) is 0 Å². The van der Waals surface area contributed by atoms with E-state index in [1.54, 1.807) is 17.0 Å². The molecule has 2 aromatic rings. The summed E-state index contributed by atoms with van der Waals surface area (Å²) in [5, 5.41) is 2.98. The molecule has 2 amide bonds. The van der Waals surface area contributed by atoms with Crippen molar-refractivity contribution in [1.82, 2.24) is 10.2 Å². The summed E-state index contributed by atoms with van der Waals surface area (Å²) in [4.78, 5) is 26.6. The lowest BCUT2D eigenvalue weighted by Gasteiger charge is -2.32. The van der Waals surface area contributed by atoms with Crippen molar-refractivity contribution in [2.45, 2.75) is 26.2 Å². The summed E-state index contributed by atoms with van der Waals surface area (Å²) in [6.07, 6.45) is 2.27. The second-order valence-corrected chi connectivity index (χ2v) is 7.10. The van der Waals surface area contributed by atoms with Crippen LogP contribution in [0.5, 0.6) is 0 Å². The minimum atomic E-state index is -0.521. The van der Waals surface area contributed by atoms with E-state index in [2.05, 4.69) is 29.6 Å². The van der Waals surface area contributed by atoms with Crippen molar-refractivity contribution in [1.29, 1.82) is 0 Å². The van der Waals surface area contributed by atoms with E-state index < -0.39 is 5.82 Å². The SMILES string of the molecule is Cc1ccc(CCNC(=O)C2CCCN(C(=O)c3ccccc3F)C2)cc1. The molecule has 2 aromatic carbocycles. The van der Waals surface area contributed by atoms with Gasteiger partial charge < -0.3 is 10.2 Å². The Morgan fingerprint density at radius 3 is 2.63 bits per heavy atom. The van der Waals surface area contributed by atoms with Crippen LogP contribution < -0.4 is 5.32 Å². The maximum Gasteiger partial charge on any atom is 0.256 e. The van der Waals surface area contributed by atoms with Crippen LogP contribution in [0.4, 0.5) is 4.39 Å². The zero-order valence-electron chi connectivity index (χ0n) is 15.6. The predicted octanol–water partition coefficient (Wildman–Crippen LogP) is 3.35. The number of carbonyl (C=O) groups is 2. The second kappa shape index (κ2) is 8.80. The highest BCUT2D eigenvalue weighted by Gasteiger charge is 2.29. The quantitative estimate of drug-likeness (QED) is 0.880. The van der Waals surface area contributed by atoms with E-state index >= 15 is 0 Å². The summed E-state index contributed by atoms with van der Waals surface area (Å²) < 4.78 is 13.9. The van der Waals surface area contributed by atoms with E-state index in [9.17, 15) is 14.0 Å². The molecule has 27 heavy (non-hydrogen) atoms. The van der Waals surface area contributed by atoms with Crippen LogP contribution in [0, 0.1) is 18.7 Å². The first-order chi connectivity index (χ1) is 13.0. The molecule has 0 spiro atoms. The minimum Gasteiger partial charge on any atom is -0.355 e. The summed E-state index contributed by atoms with van der Waals surface area (Å²) >= 11 is 0. The van der Waals surface area contributed by atoms with Crippen LogP contribution in [0.2, 0.25) is 0 Å². The molecule has 0 aromatic heterocycles. The van der Waals surface area contributed by atoms with Crippen molar-refractivity contribution in [2.75, 3.05) is 19.6 Å². The summed E-state index contributed by atoms with van der Waals surface area (Å²) in [5.41, 5.74) is 2.46. The average molecular weight is 368 g/mol. The summed E-state index contributed by atoms with van der Waals surface area (Å²) in [6.45, 7) is 3.51. The molecule has 1 fully saturated rings. The lowest BCUT2D eigenvalue weighted by Crippen LogP contribution is -2.46. The third-order valence-electron chi connectivity index (χ3n) is 5.02. The standard InChI is InChI=1S/C22H25FN2O2/c1-16-8-10-17(11-9-16)12-13-24-21(26)18-5-4-14-25(15-18)22(27)19-6-2-3-7-20(19)23/h2-3,6-11,18H,4-5,12-15H2,1H3,(H,24,26). The van der Waals surface area contributed by atoms with Gasteiger partial charge in [0, 0.05) is 19.6 Å². The van der Waals surface area contributed by atoms with Gasteiger partial charge in [-0.25, -0.2) is 4.39 Å². The molecular weight excluding hydrogens is 343 g/mol. The van der Waals surface area contributed by atoms with E-state index in [0.717, 1.165) is 19.3 Å². The van der Waals surface area contributed by atoms with Crippen molar-refractivity contribution in [3.63, 3.8) is 0 Å². The van der Waals surface area contributed by atoms with Crippen molar-refractivity contribution < 1.29 is 14.0 Å². The molecule has 1 aliphatic rings. The fourth-order valence-electron chi connectivity index (χ4n) is 3.41. The smallest absolute Gasteiger partial charge is 0.256 e. The molecule has 1 heterocycles. The van der Waals surface area contributed by atoms with Crippen LogP contribution in [0.25, 0.3) is 0 Å². The Hall–Kier alpha value is -2.69. The van der Waals surface area contributed by atoms with Gasteiger partial charge in [-0.05, 0) is 43.9 Å². The van der Waals surface area contributed by atoms with E-state index in [1.165, 1.54) is 23.3 Å². The zero-order chi connectivity index (χ0) is 19.2. The van der Waals surface area contributed by atoms with Gasteiger partial charge in [0.25, 0.3) is 5.91 Å². The van der Waals surface area contributed by atoms with Gasteiger partial charge in [-0.1, -0.05) is 42.0 Å². The molecule has 4 nitrogen and oxygen atoms in total. The number of amides is 2. The Labute approximate surface area is 159 Å². The molecule has 0 saturated carbocycles. The third kappa shape index (κ3) is 4.94. The fraction of sp³-hybridized carbons (Fsp3) is 0.364. The van der Waals surface area contributed by atoms with Crippen LogP contribution in [-0.4, -0.2) is 36.3 Å². The first-order valence-electron chi connectivity index (χ1n) is 9.41. The molecule has 0 bridgehead atoms. The first kappa shape index (κ1) is 19.1. The monoisotopic (exact) mass is 368 g/mol. The molecule has 1 saturated heterocycles. The zero-order valence-corrected chi connectivity index (χ0v) is 15.6. The molecule has 0 aliphatic carbocycles. The number of halogens is 1. The van der Waals surface area contributed by atoms with Crippen LogP contribution in [-0.2, 0) is 11.2 Å². The number of carbonyl (C=O) groups excluding carboxylic acids is 2. The molecule has 142 valence electrons. The topological polar surface area (TPSA) is 49.4 Å². The predicted molar refractivity (Wildman–Crippen MR) is 103 cm³/mol. The van der Waals surface area contributed by atoms with E-state index in [1.807, 2.05) is 6.92 Å². The maximum atomic E-state index is 13.9. The van der Waals surface area contributed by atoms with Gasteiger partial charge in [0.2, 0.25) is 5.91 Å². The molecule has 1 atom stereocenters. The number of nitrogens with zero attached hydrogens (tertiary/aromatic N) is 1. The van der Waals surface area contributed by atoms with Crippen LogP contribution in [0.1, 0.15) is 34.3 Å². The van der Waals surface area contributed by atoms with Crippen molar-refractivity contribution in [2.24, 2.45) is 5.92 Å². The Balaban J connectivity index is 1.52. The number of nitrogens with one attached hydrogen (secondary N) is 1. The number of hydrogen-bond acceptors (Lipinski definition) is 2. The number of benzene rings is 2. The second-order valence-electron chi connectivity index (χ2n) is 7.10. The number of piperidine rings is 1. The maximum absolute atomic E-state index is 13.9. The van der Waals surface area contributed by atoms with Crippen LogP contribution in [0.3, 0.4) is 0 Å².